The van der Waals surface area contributed by atoms with Gasteiger partial charge in [0.15, 0.2) is 0 Å². The van der Waals surface area contributed by atoms with Crippen molar-refractivity contribution in [2.75, 3.05) is 13.2 Å². The largest absolute Gasteiger partial charge is 0.394 e. The second kappa shape index (κ2) is 4.78. The fraction of sp³-hybridized carbons (Fsp3) is 0.667. The molecule has 2 rings (SSSR count). The molecule has 1 aromatic heterocycles. The fourth-order valence-electron chi connectivity index (χ4n) is 1.77. The molecule has 0 aromatic carbocycles. The first-order valence-corrected chi connectivity index (χ1v) is 5.23. The van der Waals surface area contributed by atoms with E-state index >= 15 is 0 Å². The molecule has 1 aliphatic rings. The predicted molar refractivity (Wildman–Crippen MR) is 55.0 cm³/mol. The van der Waals surface area contributed by atoms with E-state index in [-0.39, 0.29) is 18.5 Å². The molecule has 1 aliphatic heterocycles. The highest BCUT2D eigenvalue weighted by molar-refractivity contribution is 5.88. The van der Waals surface area contributed by atoms with E-state index in [2.05, 4.69) is 10.1 Å². The zero-order valence-electron chi connectivity index (χ0n) is 9.06. The maximum absolute atomic E-state index is 10.8. The molecule has 1 aromatic rings. The molecule has 4 N–H and O–H groups in total. The van der Waals surface area contributed by atoms with E-state index in [0.717, 1.165) is 0 Å². The SMILES string of the molecule is NC(=O)c1ncn([C@@H]2CO[C@H](CO)[C@@H](O)C2)n1. The summed E-state index contributed by atoms with van der Waals surface area (Å²) in [7, 11) is 0. The van der Waals surface area contributed by atoms with Crippen LogP contribution in [0.2, 0.25) is 0 Å². The van der Waals surface area contributed by atoms with Crippen LogP contribution in [0.4, 0.5) is 0 Å². The molecular weight excluding hydrogens is 228 g/mol. The zero-order chi connectivity index (χ0) is 12.4. The summed E-state index contributed by atoms with van der Waals surface area (Å²) in [5.41, 5.74) is 5.04. The molecule has 0 radical (unpaired) electrons. The number of nitrogens with zero attached hydrogens (tertiary/aromatic N) is 3. The highest BCUT2D eigenvalue weighted by Gasteiger charge is 2.31. The minimum Gasteiger partial charge on any atom is -0.394 e. The van der Waals surface area contributed by atoms with Crippen LogP contribution in [0.25, 0.3) is 0 Å². The van der Waals surface area contributed by atoms with Gasteiger partial charge in [0.25, 0.3) is 5.91 Å². The minimum atomic E-state index is -0.764. The molecule has 94 valence electrons. The van der Waals surface area contributed by atoms with Crippen molar-refractivity contribution in [1.82, 2.24) is 14.8 Å². The molecule has 3 atom stereocenters. The Bertz CT molecular complexity index is 407. The number of aliphatic hydroxyl groups is 2. The number of aliphatic hydroxyl groups excluding tert-OH is 2. The molecule has 1 amide bonds. The highest BCUT2D eigenvalue weighted by Crippen LogP contribution is 2.22. The summed E-state index contributed by atoms with van der Waals surface area (Å²) < 4.78 is 6.71. The molecule has 0 spiro atoms. The number of aromatic nitrogens is 3. The van der Waals surface area contributed by atoms with Gasteiger partial charge in [0, 0.05) is 6.42 Å². The molecule has 2 heterocycles. The van der Waals surface area contributed by atoms with E-state index < -0.39 is 18.1 Å². The molecule has 17 heavy (non-hydrogen) atoms. The van der Waals surface area contributed by atoms with Crippen LogP contribution < -0.4 is 5.73 Å². The molecule has 8 nitrogen and oxygen atoms in total. The summed E-state index contributed by atoms with van der Waals surface area (Å²) in [6, 6.07) is -0.214. The topological polar surface area (TPSA) is 123 Å². The number of hydrogen-bond donors (Lipinski definition) is 3. The van der Waals surface area contributed by atoms with Crippen molar-refractivity contribution < 1.29 is 19.7 Å². The number of rotatable bonds is 3. The molecule has 0 aliphatic carbocycles. The van der Waals surface area contributed by atoms with Gasteiger partial charge in [-0.05, 0) is 0 Å². The summed E-state index contributed by atoms with van der Waals surface area (Å²) in [6.07, 6.45) is 0.428. The number of amides is 1. The van der Waals surface area contributed by atoms with Crippen LogP contribution in [-0.4, -0.2) is 56.3 Å². The van der Waals surface area contributed by atoms with Crippen LogP contribution in [0, 0.1) is 0 Å². The third kappa shape index (κ3) is 2.43. The smallest absolute Gasteiger partial charge is 0.288 e. The van der Waals surface area contributed by atoms with Crippen molar-refractivity contribution >= 4 is 5.91 Å². The number of hydrogen-bond acceptors (Lipinski definition) is 6. The lowest BCUT2D eigenvalue weighted by molar-refractivity contribution is -0.114. The maximum atomic E-state index is 10.8. The Kier molecular flexibility index (Phi) is 3.36. The third-order valence-electron chi connectivity index (χ3n) is 2.73. The van der Waals surface area contributed by atoms with Gasteiger partial charge in [-0.25, -0.2) is 9.67 Å². The van der Waals surface area contributed by atoms with Crippen LogP contribution in [0.15, 0.2) is 6.33 Å². The maximum Gasteiger partial charge on any atom is 0.288 e. The van der Waals surface area contributed by atoms with E-state index in [1.54, 1.807) is 0 Å². The van der Waals surface area contributed by atoms with Crippen LogP contribution in [-0.2, 0) is 4.74 Å². The molecule has 0 saturated carbocycles. The number of primary amides is 1. The van der Waals surface area contributed by atoms with Crippen LogP contribution in [0.1, 0.15) is 23.1 Å². The van der Waals surface area contributed by atoms with Crippen LogP contribution in [0.5, 0.6) is 0 Å². The Morgan fingerprint density at radius 3 is 3.00 bits per heavy atom. The van der Waals surface area contributed by atoms with Gasteiger partial charge >= 0.3 is 0 Å². The summed E-state index contributed by atoms with van der Waals surface area (Å²) in [5.74, 6) is -0.766. The van der Waals surface area contributed by atoms with E-state index in [1.807, 2.05) is 0 Å². The lowest BCUT2D eigenvalue weighted by atomic mass is 10.0. The quantitative estimate of drug-likeness (QED) is 0.566. The standard InChI is InChI=1S/C9H14N4O4/c10-8(16)9-11-4-13(12-9)5-1-6(15)7(2-14)17-3-5/h4-7,14-15H,1-3H2,(H2,10,16)/t5-,6-,7+/m0/s1. The average molecular weight is 242 g/mol. The van der Waals surface area contributed by atoms with Gasteiger partial charge in [-0.3, -0.25) is 4.79 Å². The summed E-state index contributed by atoms with van der Waals surface area (Å²) in [6.45, 7) is 0.0711. The Labute approximate surface area is 97.0 Å². The first-order valence-electron chi connectivity index (χ1n) is 5.23. The van der Waals surface area contributed by atoms with E-state index in [4.69, 9.17) is 15.6 Å². The van der Waals surface area contributed by atoms with Crippen LogP contribution in [0.3, 0.4) is 0 Å². The highest BCUT2D eigenvalue weighted by atomic mass is 16.5. The van der Waals surface area contributed by atoms with E-state index in [9.17, 15) is 9.90 Å². The van der Waals surface area contributed by atoms with Crippen molar-refractivity contribution in [1.29, 1.82) is 0 Å². The lowest BCUT2D eigenvalue weighted by Gasteiger charge is -2.32. The predicted octanol–water partition coefficient (Wildman–Crippen LogP) is -1.94. The van der Waals surface area contributed by atoms with Crippen molar-refractivity contribution in [2.45, 2.75) is 24.7 Å². The fourth-order valence-corrected chi connectivity index (χ4v) is 1.77. The first-order chi connectivity index (χ1) is 8.11. The average Bonchev–Trinajstić information content (AvgIpc) is 2.78. The van der Waals surface area contributed by atoms with E-state index in [0.29, 0.717) is 13.0 Å². The third-order valence-corrected chi connectivity index (χ3v) is 2.73. The normalized spacial score (nSPS) is 29.2. The number of carbonyl (C=O) groups is 1. The first kappa shape index (κ1) is 12.0. The summed E-state index contributed by atoms with van der Waals surface area (Å²) in [5, 5.41) is 22.5. The molecule has 1 saturated heterocycles. The van der Waals surface area contributed by atoms with Gasteiger partial charge in [-0.2, -0.15) is 0 Å². The van der Waals surface area contributed by atoms with E-state index in [1.165, 1.54) is 11.0 Å². The van der Waals surface area contributed by atoms with Gasteiger partial charge in [0.2, 0.25) is 5.82 Å². The molecular formula is C9H14N4O4. The van der Waals surface area contributed by atoms with Gasteiger partial charge in [0.1, 0.15) is 12.4 Å². The van der Waals surface area contributed by atoms with Gasteiger partial charge in [-0.15, -0.1) is 5.10 Å². The number of nitrogens with two attached hydrogens (primary N) is 1. The molecule has 0 bridgehead atoms. The minimum absolute atomic E-state index is 0.0660. The van der Waals surface area contributed by atoms with Gasteiger partial charge in [-0.1, -0.05) is 0 Å². The Morgan fingerprint density at radius 2 is 2.47 bits per heavy atom. The molecule has 0 unspecified atom stereocenters. The Balaban J connectivity index is 2.06. The van der Waals surface area contributed by atoms with Crippen molar-refractivity contribution in [3.8, 4) is 0 Å². The zero-order valence-corrected chi connectivity index (χ0v) is 9.06. The van der Waals surface area contributed by atoms with Gasteiger partial charge in [0.05, 0.1) is 25.4 Å². The summed E-state index contributed by atoms with van der Waals surface area (Å²) in [4.78, 5) is 14.6. The van der Waals surface area contributed by atoms with Crippen molar-refractivity contribution in [3.63, 3.8) is 0 Å². The second-order valence-electron chi connectivity index (χ2n) is 3.92. The summed E-state index contributed by atoms with van der Waals surface area (Å²) >= 11 is 0. The second-order valence-corrected chi connectivity index (χ2v) is 3.92. The van der Waals surface area contributed by atoms with Crippen LogP contribution >= 0.6 is 0 Å². The molecule has 8 heteroatoms. The Hall–Kier alpha value is -1.51. The monoisotopic (exact) mass is 242 g/mol. The number of carbonyl (C=O) groups excluding carboxylic acids is 1. The van der Waals surface area contributed by atoms with Gasteiger partial charge < -0.3 is 20.7 Å². The molecule has 1 fully saturated rings. The lowest BCUT2D eigenvalue weighted by Crippen LogP contribution is -2.41. The van der Waals surface area contributed by atoms with Crippen molar-refractivity contribution in [3.05, 3.63) is 12.2 Å². The number of ether oxygens (including phenoxy) is 1. The van der Waals surface area contributed by atoms with Crippen molar-refractivity contribution in [2.24, 2.45) is 5.73 Å². The Morgan fingerprint density at radius 1 is 1.71 bits per heavy atom.